The van der Waals surface area contributed by atoms with Crippen molar-refractivity contribution in [3.8, 4) is 0 Å². The molecule has 2 heterocycles. The van der Waals surface area contributed by atoms with Crippen LogP contribution in [0.3, 0.4) is 0 Å². The maximum Gasteiger partial charge on any atom is 0.255 e. The zero-order valence-electron chi connectivity index (χ0n) is 15.4. The van der Waals surface area contributed by atoms with Crippen LogP contribution in [0.4, 0.5) is 5.69 Å². The normalized spacial score (nSPS) is 17.9. The molecule has 0 fully saturated rings. The lowest BCUT2D eigenvalue weighted by Gasteiger charge is -2.30. The third-order valence-electron chi connectivity index (χ3n) is 5.59. The lowest BCUT2D eigenvalue weighted by molar-refractivity contribution is -0.121. The molecule has 4 nitrogen and oxygen atoms in total. The molecule has 0 saturated carbocycles. The quantitative estimate of drug-likeness (QED) is 0.475. The van der Waals surface area contributed by atoms with Gasteiger partial charge in [-0.05, 0) is 47.9 Å². The highest BCUT2D eigenvalue weighted by molar-refractivity contribution is 6.30. The highest BCUT2D eigenvalue weighted by Crippen LogP contribution is 2.44. The molecule has 1 aromatic heterocycles. The predicted molar refractivity (Wildman–Crippen MR) is 114 cm³/mol. The van der Waals surface area contributed by atoms with E-state index in [4.69, 9.17) is 11.6 Å². The molecular formula is C24H17ClN2O2. The van der Waals surface area contributed by atoms with E-state index >= 15 is 0 Å². The summed E-state index contributed by atoms with van der Waals surface area (Å²) in [4.78, 5) is 26.7. The van der Waals surface area contributed by atoms with Crippen LogP contribution in [-0.2, 0) is 10.3 Å². The van der Waals surface area contributed by atoms with Crippen LogP contribution in [0, 0.1) is 0 Å². The van der Waals surface area contributed by atoms with Crippen molar-refractivity contribution in [3.05, 3.63) is 101 Å². The second-order valence-electron chi connectivity index (χ2n) is 7.21. The topological polar surface area (TPSA) is 51.1 Å². The Hall–Kier alpha value is -3.37. The average molecular weight is 401 g/mol. The Bertz CT molecular complexity index is 1260. The molecule has 1 amide bonds. The lowest BCUT2D eigenvalue weighted by atomic mass is 9.84. The van der Waals surface area contributed by atoms with E-state index in [2.05, 4.69) is 5.32 Å². The molecule has 0 bridgehead atoms. The summed E-state index contributed by atoms with van der Waals surface area (Å²) in [7, 11) is 0. The number of Topliss-reactive ketones (excluding diaryl/α,β-unsaturated/α-hetero) is 1. The van der Waals surface area contributed by atoms with Gasteiger partial charge in [-0.1, -0.05) is 48.0 Å². The molecule has 4 aromatic rings. The maximum absolute atomic E-state index is 13.4. The molecule has 0 radical (unpaired) electrons. The molecule has 1 N–H and O–H groups in total. The highest BCUT2D eigenvalue weighted by atomic mass is 35.5. The minimum absolute atomic E-state index is 0.0101. The molecule has 0 spiro atoms. The van der Waals surface area contributed by atoms with Crippen LogP contribution in [0.15, 0.2) is 85.1 Å². The number of halogens is 1. The number of rotatable bonds is 4. The van der Waals surface area contributed by atoms with Crippen LogP contribution in [-0.4, -0.2) is 16.3 Å². The predicted octanol–water partition coefficient (Wildman–Crippen LogP) is 5.26. The first-order valence-electron chi connectivity index (χ1n) is 9.36. The number of carbonyl (C=O) groups excluding carboxylic acids is 2. The van der Waals surface area contributed by atoms with Gasteiger partial charge in [0.2, 0.25) is 0 Å². The van der Waals surface area contributed by atoms with Crippen molar-refractivity contribution in [2.75, 3.05) is 5.32 Å². The number of hydrogen-bond donors (Lipinski definition) is 1. The Morgan fingerprint density at radius 1 is 0.931 bits per heavy atom. The Kier molecular flexibility index (Phi) is 4.03. The van der Waals surface area contributed by atoms with E-state index in [1.165, 1.54) is 0 Å². The summed E-state index contributed by atoms with van der Waals surface area (Å²) in [5.41, 5.74) is 1.81. The summed E-state index contributed by atoms with van der Waals surface area (Å²) >= 11 is 5.97. The summed E-state index contributed by atoms with van der Waals surface area (Å²) in [6.45, 7) is 0. The number of para-hydroxylation sites is 2. The molecule has 29 heavy (non-hydrogen) atoms. The van der Waals surface area contributed by atoms with Gasteiger partial charge in [-0.2, -0.15) is 0 Å². The molecule has 142 valence electrons. The number of amides is 1. The molecule has 5 heteroatoms. The van der Waals surface area contributed by atoms with E-state index in [0.717, 1.165) is 22.2 Å². The van der Waals surface area contributed by atoms with Gasteiger partial charge in [-0.3, -0.25) is 9.59 Å². The first-order chi connectivity index (χ1) is 14.1. The number of benzene rings is 3. The minimum Gasteiger partial charge on any atom is -0.328 e. The van der Waals surface area contributed by atoms with Crippen molar-refractivity contribution in [2.45, 2.75) is 12.0 Å². The third-order valence-corrected chi connectivity index (χ3v) is 5.84. The number of nitrogens with zero attached hydrogens (tertiary/aromatic N) is 1. The van der Waals surface area contributed by atoms with Crippen LogP contribution in [0.25, 0.3) is 10.9 Å². The zero-order valence-corrected chi connectivity index (χ0v) is 16.2. The van der Waals surface area contributed by atoms with Gasteiger partial charge in [-0.25, -0.2) is 0 Å². The van der Waals surface area contributed by atoms with E-state index in [-0.39, 0.29) is 18.1 Å². The van der Waals surface area contributed by atoms with E-state index in [9.17, 15) is 9.59 Å². The van der Waals surface area contributed by atoms with Gasteiger partial charge in [0.15, 0.2) is 11.3 Å². The summed E-state index contributed by atoms with van der Waals surface area (Å²) in [6, 6.07) is 24.2. The monoisotopic (exact) mass is 400 g/mol. The van der Waals surface area contributed by atoms with Crippen LogP contribution in [0.5, 0.6) is 0 Å². The SMILES string of the molecule is O=C(C[C@@]1(n2ccc3ccccc32)C(=O)Nc2ccccc21)c1ccc(Cl)cc1. The van der Waals surface area contributed by atoms with Crippen molar-refractivity contribution in [2.24, 2.45) is 0 Å². The van der Waals surface area contributed by atoms with Gasteiger partial charge >= 0.3 is 0 Å². The summed E-state index contributed by atoms with van der Waals surface area (Å²) in [6.07, 6.45) is 1.90. The third kappa shape index (κ3) is 2.68. The van der Waals surface area contributed by atoms with Gasteiger partial charge in [0.25, 0.3) is 5.91 Å². The number of fused-ring (bicyclic) bond motifs is 2. The molecule has 0 unspecified atom stereocenters. The Morgan fingerprint density at radius 3 is 2.48 bits per heavy atom. The summed E-state index contributed by atoms with van der Waals surface area (Å²) in [5, 5.41) is 4.56. The van der Waals surface area contributed by atoms with Crippen molar-refractivity contribution in [3.63, 3.8) is 0 Å². The van der Waals surface area contributed by atoms with Gasteiger partial charge in [0, 0.05) is 40.0 Å². The Morgan fingerprint density at radius 2 is 1.66 bits per heavy atom. The summed E-state index contributed by atoms with van der Waals surface area (Å²) in [5.74, 6) is -0.325. The number of nitrogens with one attached hydrogen (secondary N) is 1. The van der Waals surface area contributed by atoms with Gasteiger partial charge in [0.05, 0.1) is 0 Å². The van der Waals surface area contributed by atoms with Gasteiger partial charge in [0.1, 0.15) is 0 Å². The summed E-state index contributed by atoms with van der Waals surface area (Å²) < 4.78 is 1.93. The fraction of sp³-hybridized carbons (Fsp3) is 0.0833. The van der Waals surface area contributed by atoms with Crippen LogP contribution < -0.4 is 5.32 Å². The molecule has 3 aromatic carbocycles. The lowest BCUT2D eigenvalue weighted by Crippen LogP contribution is -2.43. The van der Waals surface area contributed by atoms with E-state index < -0.39 is 5.54 Å². The van der Waals surface area contributed by atoms with Crippen molar-refractivity contribution < 1.29 is 9.59 Å². The zero-order chi connectivity index (χ0) is 20.0. The minimum atomic E-state index is -1.16. The molecule has 1 atom stereocenters. The van der Waals surface area contributed by atoms with Crippen molar-refractivity contribution in [1.29, 1.82) is 0 Å². The maximum atomic E-state index is 13.4. The largest absolute Gasteiger partial charge is 0.328 e. The fourth-order valence-electron chi connectivity index (χ4n) is 4.19. The van der Waals surface area contributed by atoms with Crippen molar-refractivity contribution >= 4 is 39.9 Å². The van der Waals surface area contributed by atoms with Gasteiger partial charge in [-0.15, -0.1) is 0 Å². The van der Waals surface area contributed by atoms with E-state index in [1.807, 2.05) is 65.4 Å². The molecular weight excluding hydrogens is 384 g/mol. The molecule has 0 saturated heterocycles. The standard InChI is InChI=1S/C24H17ClN2O2/c25-18-11-9-17(10-12-18)22(28)15-24(19-6-2-3-7-20(19)26-23(24)29)27-14-13-16-5-1-4-8-21(16)27/h1-14H,15H2,(H,26,29)/t24-/m0/s1. The number of hydrogen-bond acceptors (Lipinski definition) is 2. The van der Waals surface area contributed by atoms with E-state index in [0.29, 0.717) is 10.6 Å². The number of carbonyl (C=O) groups is 2. The number of anilines is 1. The van der Waals surface area contributed by atoms with Crippen LogP contribution in [0.2, 0.25) is 5.02 Å². The first-order valence-corrected chi connectivity index (χ1v) is 9.74. The van der Waals surface area contributed by atoms with Gasteiger partial charge < -0.3 is 9.88 Å². The molecule has 1 aliphatic rings. The first kappa shape index (κ1) is 17.7. The Balaban J connectivity index is 1.72. The second-order valence-corrected chi connectivity index (χ2v) is 7.65. The van der Waals surface area contributed by atoms with Crippen molar-refractivity contribution in [1.82, 2.24) is 4.57 Å². The molecule has 0 aliphatic carbocycles. The van der Waals surface area contributed by atoms with Crippen LogP contribution in [0.1, 0.15) is 22.3 Å². The molecule has 1 aliphatic heterocycles. The number of aromatic nitrogens is 1. The average Bonchev–Trinajstić information content (AvgIpc) is 3.28. The van der Waals surface area contributed by atoms with Crippen LogP contribution >= 0.6 is 11.6 Å². The number of ketones is 1. The molecule has 5 rings (SSSR count). The smallest absolute Gasteiger partial charge is 0.255 e. The second kappa shape index (κ2) is 6.61. The van der Waals surface area contributed by atoms with E-state index in [1.54, 1.807) is 24.3 Å². The Labute approximate surface area is 172 Å². The highest BCUT2D eigenvalue weighted by Gasteiger charge is 2.50. The fourth-order valence-corrected chi connectivity index (χ4v) is 4.31.